The van der Waals surface area contributed by atoms with Crippen LogP contribution < -0.4 is 10.3 Å². The summed E-state index contributed by atoms with van der Waals surface area (Å²) < 4.78 is 44.7. The minimum atomic E-state index is -3.21. The number of aromatic amines is 2. The molecule has 4 aromatic rings. The Balaban J connectivity index is 1.58. The molecule has 0 amide bonds. The number of aromatic nitrogens is 3. The number of ether oxygens (including phenoxy) is 1. The molecule has 30 heavy (non-hydrogen) atoms. The summed E-state index contributed by atoms with van der Waals surface area (Å²) in [6, 6.07) is 6.33. The van der Waals surface area contributed by atoms with Crippen molar-refractivity contribution in [2.45, 2.75) is 18.9 Å². The van der Waals surface area contributed by atoms with Crippen LogP contribution in [0.25, 0.3) is 32.6 Å². The smallest absolute Gasteiger partial charge is 0.294 e. The summed E-state index contributed by atoms with van der Waals surface area (Å²) in [7, 11) is -3.21. The molecule has 5 rings (SSSR count). The number of hydrogen-bond donors (Lipinski definition) is 2. The van der Waals surface area contributed by atoms with Crippen molar-refractivity contribution in [1.29, 1.82) is 0 Å². The molecule has 1 fully saturated rings. The summed E-state index contributed by atoms with van der Waals surface area (Å²) in [4.78, 5) is 22.8. The van der Waals surface area contributed by atoms with Crippen LogP contribution in [0.15, 0.2) is 35.3 Å². The van der Waals surface area contributed by atoms with Crippen LogP contribution in [0.1, 0.15) is 12.8 Å². The molecule has 0 spiro atoms. The maximum absolute atomic E-state index is 13.9. The molecule has 2 aromatic heterocycles. The number of rotatable bonds is 3. The number of fused-ring (bicyclic) bond motifs is 6. The van der Waals surface area contributed by atoms with Gasteiger partial charge in [-0.1, -0.05) is 0 Å². The second kappa shape index (κ2) is 6.78. The fourth-order valence-electron chi connectivity index (χ4n) is 4.12. The monoisotopic (exact) mass is 430 g/mol. The van der Waals surface area contributed by atoms with Crippen molar-refractivity contribution < 1.29 is 17.5 Å². The Morgan fingerprint density at radius 2 is 1.93 bits per heavy atom. The maximum atomic E-state index is 13.9. The number of imidazole rings is 1. The van der Waals surface area contributed by atoms with E-state index in [0.717, 1.165) is 0 Å². The van der Waals surface area contributed by atoms with Crippen molar-refractivity contribution in [3.05, 3.63) is 46.6 Å². The SMILES string of the molecule is CS(=O)(=O)N1CCC(Oc2nc3c4cc[nH]c(=O)c4c4cc(F)ccc4c3[nH]2)CC1. The number of halogens is 1. The number of pyridine rings is 1. The summed E-state index contributed by atoms with van der Waals surface area (Å²) in [5, 5.41) is 2.14. The van der Waals surface area contributed by atoms with Crippen LogP contribution in [0.3, 0.4) is 0 Å². The molecular weight excluding hydrogens is 411 g/mol. The van der Waals surface area contributed by atoms with Gasteiger partial charge in [0.25, 0.3) is 11.6 Å². The Morgan fingerprint density at radius 1 is 1.17 bits per heavy atom. The van der Waals surface area contributed by atoms with Crippen LogP contribution in [0, 0.1) is 5.82 Å². The van der Waals surface area contributed by atoms with Crippen molar-refractivity contribution >= 4 is 42.6 Å². The average molecular weight is 430 g/mol. The topological polar surface area (TPSA) is 108 Å². The number of hydrogen-bond acceptors (Lipinski definition) is 5. The van der Waals surface area contributed by atoms with Crippen LogP contribution in [-0.2, 0) is 10.0 Å². The molecule has 0 atom stereocenters. The quantitative estimate of drug-likeness (QED) is 0.486. The largest absolute Gasteiger partial charge is 0.461 e. The van der Waals surface area contributed by atoms with E-state index in [9.17, 15) is 17.6 Å². The summed E-state index contributed by atoms with van der Waals surface area (Å²) in [6.45, 7) is 0.786. The Hall–Kier alpha value is -2.98. The summed E-state index contributed by atoms with van der Waals surface area (Å²) in [5.41, 5.74) is 0.911. The molecular formula is C20H19FN4O4S. The van der Waals surface area contributed by atoms with Crippen molar-refractivity contribution in [3.8, 4) is 6.01 Å². The van der Waals surface area contributed by atoms with Gasteiger partial charge < -0.3 is 14.7 Å². The van der Waals surface area contributed by atoms with Gasteiger partial charge in [-0.15, -0.1) is 0 Å². The highest BCUT2D eigenvalue weighted by atomic mass is 32.2. The van der Waals surface area contributed by atoms with Crippen LogP contribution in [0.5, 0.6) is 6.01 Å². The standard InChI is InChI=1S/C20H19FN4O4S/c1-30(27,28)25-8-5-12(6-9-25)29-20-23-17-13-3-2-11(21)10-15(13)16-14(18(17)24-20)4-7-22-19(16)26/h2-4,7,10,12H,5-6,8-9H2,1H3,(H,22,26)(H,23,24). The van der Waals surface area contributed by atoms with E-state index in [-0.39, 0.29) is 11.7 Å². The van der Waals surface area contributed by atoms with Crippen LogP contribution in [0.4, 0.5) is 4.39 Å². The Morgan fingerprint density at radius 3 is 2.67 bits per heavy atom. The third-order valence-corrected chi connectivity index (χ3v) is 6.87. The van der Waals surface area contributed by atoms with Gasteiger partial charge in [-0.25, -0.2) is 17.1 Å². The van der Waals surface area contributed by atoms with Gasteiger partial charge in [0.05, 0.1) is 17.2 Å². The first-order valence-electron chi connectivity index (χ1n) is 9.55. The van der Waals surface area contributed by atoms with Crippen molar-refractivity contribution in [1.82, 2.24) is 19.3 Å². The zero-order chi connectivity index (χ0) is 21.0. The lowest BCUT2D eigenvalue weighted by Crippen LogP contribution is -2.41. The predicted molar refractivity (Wildman–Crippen MR) is 112 cm³/mol. The van der Waals surface area contributed by atoms with Gasteiger partial charge in [0.15, 0.2) is 0 Å². The molecule has 0 radical (unpaired) electrons. The van der Waals surface area contributed by atoms with Crippen LogP contribution in [0.2, 0.25) is 0 Å². The molecule has 8 nitrogen and oxygen atoms in total. The molecule has 1 aliphatic heterocycles. The predicted octanol–water partition coefficient (Wildman–Crippen LogP) is 2.50. The van der Waals surface area contributed by atoms with Crippen molar-refractivity contribution in [2.75, 3.05) is 19.3 Å². The Bertz CT molecular complexity index is 1450. The van der Waals surface area contributed by atoms with E-state index in [1.807, 2.05) is 0 Å². The number of nitrogens with zero attached hydrogens (tertiary/aromatic N) is 2. The summed E-state index contributed by atoms with van der Waals surface area (Å²) in [6.07, 6.45) is 3.66. The number of sulfonamides is 1. The molecule has 10 heteroatoms. The third-order valence-electron chi connectivity index (χ3n) is 5.57. The number of piperidine rings is 1. The van der Waals surface area contributed by atoms with Crippen LogP contribution >= 0.6 is 0 Å². The highest BCUT2D eigenvalue weighted by Crippen LogP contribution is 2.34. The lowest BCUT2D eigenvalue weighted by atomic mass is 10.0. The summed E-state index contributed by atoms with van der Waals surface area (Å²) >= 11 is 0. The van der Waals surface area contributed by atoms with Gasteiger partial charge in [0.1, 0.15) is 17.4 Å². The zero-order valence-corrected chi connectivity index (χ0v) is 16.9. The molecule has 2 aromatic carbocycles. The van der Waals surface area contributed by atoms with Gasteiger partial charge in [0, 0.05) is 35.4 Å². The highest BCUT2D eigenvalue weighted by molar-refractivity contribution is 7.88. The van der Waals surface area contributed by atoms with Crippen LogP contribution in [-0.4, -0.2) is 53.1 Å². The Kier molecular flexibility index (Phi) is 4.30. The van der Waals surface area contributed by atoms with Gasteiger partial charge in [-0.2, -0.15) is 4.98 Å². The molecule has 0 unspecified atom stereocenters. The van der Waals surface area contributed by atoms with E-state index in [1.165, 1.54) is 28.9 Å². The van der Waals surface area contributed by atoms with Gasteiger partial charge in [-0.05, 0) is 37.1 Å². The van der Waals surface area contributed by atoms with Gasteiger partial charge in [-0.3, -0.25) is 4.79 Å². The molecule has 1 aliphatic rings. The fourth-order valence-corrected chi connectivity index (χ4v) is 5.00. The number of nitrogens with one attached hydrogen (secondary N) is 2. The molecule has 156 valence electrons. The van der Waals surface area contributed by atoms with E-state index in [1.54, 1.807) is 12.1 Å². The maximum Gasteiger partial charge on any atom is 0.294 e. The highest BCUT2D eigenvalue weighted by Gasteiger charge is 2.27. The van der Waals surface area contributed by atoms with E-state index < -0.39 is 15.8 Å². The normalized spacial score (nSPS) is 16.6. The molecule has 0 bridgehead atoms. The lowest BCUT2D eigenvalue weighted by molar-refractivity contribution is 0.126. The first kappa shape index (κ1) is 19.0. The van der Waals surface area contributed by atoms with E-state index >= 15 is 0 Å². The fraction of sp³-hybridized carbons (Fsp3) is 0.300. The molecule has 1 saturated heterocycles. The lowest BCUT2D eigenvalue weighted by Gasteiger charge is -2.29. The average Bonchev–Trinajstić information content (AvgIpc) is 3.11. The number of benzene rings is 2. The van der Waals surface area contributed by atoms with Crippen molar-refractivity contribution in [2.24, 2.45) is 0 Å². The summed E-state index contributed by atoms with van der Waals surface area (Å²) in [5.74, 6) is -0.431. The third kappa shape index (κ3) is 3.12. The first-order chi connectivity index (χ1) is 14.3. The second-order valence-electron chi connectivity index (χ2n) is 7.53. The number of H-pyrrole nitrogens is 2. The van der Waals surface area contributed by atoms with E-state index in [2.05, 4.69) is 15.0 Å². The zero-order valence-electron chi connectivity index (χ0n) is 16.1. The second-order valence-corrected chi connectivity index (χ2v) is 9.51. The molecule has 0 saturated carbocycles. The van der Waals surface area contributed by atoms with Gasteiger partial charge >= 0.3 is 0 Å². The van der Waals surface area contributed by atoms with Gasteiger partial charge in [0.2, 0.25) is 10.0 Å². The molecule has 2 N–H and O–H groups in total. The van der Waals surface area contributed by atoms with E-state index in [4.69, 9.17) is 4.74 Å². The first-order valence-corrected chi connectivity index (χ1v) is 11.4. The minimum absolute atomic E-state index is 0.179. The Labute approximate surface area is 170 Å². The van der Waals surface area contributed by atoms with E-state index in [0.29, 0.717) is 64.5 Å². The molecule has 0 aliphatic carbocycles. The minimum Gasteiger partial charge on any atom is -0.461 e. The molecule has 3 heterocycles. The van der Waals surface area contributed by atoms with Crippen molar-refractivity contribution in [3.63, 3.8) is 0 Å².